The minimum absolute atomic E-state index is 0.655. The molecule has 2 rings (SSSR count). The van der Waals surface area contributed by atoms with E-state index in [2.05, 4.69) is 57.3 Å². The Bertz CT molecular complexity index is 212. The van der Waals surface area contributed by atoms with Gasteiger partial charge in [0.1, 0.15) is 0 Å². The van der Waals surface area contributed by atoms with E-state index >= 15 is 0 Å². The summed E-state index contributed by atoms with van der Waals surface area (Å²) in [6, 6.07) is 0. The molecule has 1 saturated carbocycles. The Kier molecular flexibility index (Phi) is 3.83. The number of hydrogen-bond acceptors (Lipinski definition) is 0. The van der Waals surface area contributed by atoms with E-state index in [-0.39, 0.29) is 0 Å². The van der Waals surface area contributed by atoms with Crippen molar-refractivity contribution in [2.75, 3.05) is 8.86 Å². The van der Waals surface area contributed by atoms with Crippen LogP contribution in [0, 0.1) is 10.8 Å². The molecule has 0 unspecified atom stereocenters. The molecule has 14 heavy (non-hydrogen) atoms. The van der Waals surface area contributed by atoms with Gasteiger partial charge >= 0.3 is 0 Å². The molecule has 2 aliphatic rings. The zero-order valence-electron chi connectivity index (χ0n) is 8.57. The quantitative estimate of drug-likeness (QED) is 0.346. The van der Waals surface area contributed by atoms with Crippen molar-refractivity contribution in [2.24, 2.45) is 10.8 Å². The lowest BCUT2D eigenvalue weighted by molar-refractivity contribution is 0.0289. The van der Waals surface area contributed by atoms with Gasteiger partial charge in [-0.25, -0.2) is 0 Å². The standard InChI is InChI=1S/C12H18I2/c13-9-11-5-1-2-6-12(11,10-14)8-4-3-7-11/h1-2H,3-10H2/t11-,12+. The SMILES string of the molecule is IC[C@@]12CC=CC[C@]1(CI)CCCC2. The predicted molar refractivity (Wildman–Crippen MR) is 79.5 cm³/mol. The van der Waals surface area contributed by atoms with Crippen LogP contribution in [0.2, 0.25) is 0 Å². The molecule has 1 fully saturated rings. The van der Waals surface area contributed by atoms with Gasteiger partial charge in [-0.2, -0.15) is 0 Å². The summed E-state index contributed by atoms with van der Waals surface area (Å²) >= 11 is 5.26. The van der Waals surface area contributed by atoms with Gasteiger partial charge in [-0.05, 0) is 36.5 Å². The van der Waals surface area contributed by atoms with Crippen LogP contribution in [-0.4, -0.2) is 8.86 Å². The molecule has 0 nitrogen and oxygen atoms in total. The van der Waals surface area contributed by atoms with Crippen LogP contribution in [-0.2, 0) is 0 Å². The van der Waals surface area contributed by atoms with Crippen LogP contribution >= 0.6 is 45.2 Å². The van der Waals surface area contributed by atoms with Gasteiger partial charge in [0, 0.05) is 8.86 Å². The lowest BCUT2D eigenvalue weighted by Gasteiger charge is -2.54. The zero-order valence-corrected chi connectivity index (χ0v) is 12.9. The van der Waals surface area contributed by atoms with E-state index in [9.17, 15) is 0 Å². The summed E-state index contributed by atoms with van der Waals surface area (Å²) in [6.45, 7) is 0. The number of fused-ring (bicyclic) bond motifs is 1. The van der Waals surface area contributed by atoms with E-state index in [4.69, 9.17) is 0 Å². The molecular weight excluding hydrogens is 398 g/mol. The second kappa shape index (κ2) is 4.60. The Morgan fingerprint density at radius 2 is 1.29 bits per heavy atom. The van der Waals surface area contributed by atoms with Crippen molar-refractivity contribution in [3.05, 3.63) is 12.2 Å². The third-order valence-corrected chi connectivity index (χ3v) is 7.30. The first kappa shape index (κ1) is 11.7. The average molecular weight is 416 g/mol. The van der Waals surface area contributed by atoms with Crippen molar-refractivity contribution >= 4 is 45.2 Å². The Labute approximate surface area is 115 Å². The molecule has 2 aliphatic carbocycles. The summed E-state index contributed by atoms with van der Waals surface area (Å²) in [5.41, 5.74) is 1.31. The Hall–Kier alpha value is 1.20. The summed E-state index contributed by atoms with van der Waals surface area (Å²) in [5, 5.41) is 0. The van der Waals surface area contributed by atoms with Crippen LogP contribution < -0.4 is 0 Å². The van der Waals surface area contributed by atoms with Gasteiger partial charge in [0.2, 0.25) is 0 Å². The number of rotatable bonds is 2. The molecule has 0 aromatic rings. The van der Waals surface area contributed by atoms with Crippen LogP contribution in [0.15, 0.2) is 12.2 Å². The fourth-order valence-corrected chi connectivity index (χ4v) is 6.24. The smallest absolute Gasteiger partial charge is 0.00606 e. The monoisotopic (exact) mass is 416 g/mol. The van der Waals surface area contributed by atoms with Gasteiger partial charge < -0.3 is 0 Å². The molecular formula is C12H18I2. The topological polar surface area (TPSA) is 0 Å². The number of allylic oxidation sites excluding steroid dienone is 2. The normalized spacial score (nSPS) is 42.1. The zero-order chi connectivity index (χ0) is 10.1. The molecule has 0 aliphatic heterocycles. The molecule has 0 saturated heterocycles. The molecule has 0 heterocycles. The van der Waals surface area contributed by atoms with Crippen molar-refractivity contribution < 1.29 is 0 Å². The minimum Gasteiger partial charge on any atom is -0.0879 e. The first-order valence-corrected chi connectivity index (χ1v) is 8.61. The highest BCUT2D eigenvalue weighted by Gasteiger charge is 2.50. The maximum atomic E-state index is 2.63. The van der Waals surface area contributed by atoms with Gasteiger partial charge in [0.25, 0.3) is 0 Å². The molecule has 80 valence electrons. The van der Waals surface area contributed by atoms with Gasteiger partial charge in [-0.15, -0.1) is 0 Å². The van der Waals surface area contributed by atoms with E-state index < -0.39 is 0 Å². The van der Waals surface area contributed by atoms with E-state index in [0.717, 1.165) is 0 Å². The number of hydrogen-bond donors (Lipinski definition) is 0. The lowest BCUT2D eigenvalue weighted by atomic mass is 9.53. The molecule has 0 aromatic heterocycles. The predicted octanol–water partition coefficient (Wildman–Crippen LogP) is 4.75. The van der Waals surface area contributed by atoms with E-state index in [1.54, 1.807) is 0 Å². The third-order valence-electron chi connectivity index (χ3n) is 4.38. The molecule has 0 bridgehead atoms. The molecule has 2 heteroatoms. The van der Waals surface area contributed by atoms with E-state index in [0.29, 0.717) is 10.8 Å². The molecule has 0 radical (unpaired) electrons. The highest BCUT2D eigenvalue weighted by atomic mass is 127. The summed E-state index contributed by atoms with van der Waals surface area (Å²) in [6.07, 6.45) is 13.5. The van der Waals surface area contributed by atoms with Crippen molar-refractivity contribution in [3.8, 4) is 0 Å². The van der Waals surface area contributed by atoms with Crippen molar-refractivity contribution in [1.29, 1.82) is 0 Å². The van der Waals surface area contributed by atoms with E-state index in [1.807, 2.05) is 0 Å². The van der Waals surface area contributed by atoms with E-state index in [1.165, 1.54) is 47.4 Å². The van der Waals surface area contributed by atoms with Crippen LogP contribution in [0.3, 0.4) is 0 Å². The van der Waals surface area contributed by atoms with Crippen LogP contribution in [0.5, 0.6) is 0 Å². The van der Waals surface area contributed by atoms with Gasteiger partial charge in [-0.1, -0.05) is 70.2 Å². The van der Waals surface area contributed by atoms with Crippen molar-refractivity contribution in [2.45, 2.75) is 38.5 Å². The first-order valence-electron chi connectivity index (χ1n) is 5.56. The molecule has 0 spiro atoms. The summed E-state index contributed by atoms with van der Waals surface area (Å²) in [7, 11) is 0. The van der Waals surface area contributed by atoms with Gasteiger partial charge in [0.15, 0.2) is 0 Å². The number of halogens is 2. The summed E-state index contributed by atoms with van der Waals surface area (Å²) < 4.78 is 2.72. The second-order valence-electron chi connectivity index (χ2n) is 4.91. The van der Waals surface area contributed by atoms with Crippen LogP contribution in [0.1, 0.15) is 38.5 Å². The number of alkyl halides is 2. The summed E-state index contributed by atoms with van der Waals surface area (Å²) in [4.78, 5) is 0. The summed E-state index contributed by atoms with van der Waals surface area (Å²) in [5.74, 6) is 0. The Balaban J connectivity index is 2.33. The molecule has 2 atom stereocenters. The average Bonchev–Trinajstić information content (AvgIpc) is 2.28. The van der Waals surface area contributed by atoms with Crippen molar-refractivity contribution in [1.82, 2.24) is 0 Å². The minimum atomic E-state index is 0.655. The van der Waals surface area contributed by atoms with Gasteiger partial charge in [-0.3, -0.25) is 0 Å². The maximum absolute atomic E-state index is 2.63. The highest BCUT2D eigenvalue weighted by molar-refractivity contribution is 14.1. The fraction of sp³-hybridized carbons (Fsp3) is 0.833. The molecule has 0 N–H and O–H groups in total. The second-order valence-corrected chi connectivity index (χ2v) is 6.44. The molecule has 0 amide bonds. The lowest BCUT2D eigenvalue weighted by Crippen LogP contribution is -2.48. The third kappa shape index (κ3) is 1.68. The van der Waals surface area contributed by atoms with Crippen LogP contribution in [0.25, 0.3) is 0 Å². The Morgan fingerprint density at radius 1 is 0.857 bits per heavy atom. The molecule has 0 aromatic carbocycles. The maximum Gasteiger partial charge on any atom is 0.00606 e. The highest BCUT2D eigenvalue weighted by Crippen LogP contribution is 2.58. The fourth-order valence-electron chi connectivity index (χ4n) is 3.24. The largest absolute Gasteiger partial charge is 0.0879 e. The first-order chi connectivity index (χ1) is 6.79. The van der Waals surface area contributed by atoms with Crippen LogP contribution in [0.4, 0.5) is 0 Å². The van der Waals surface area contributed by atoms with Crippen molar-refractivity contribution in [3.63, 3.8) is 0 Å². The Morgan fingerprint density at radius 3 is 1.64 bits per heavy atom. The van der Waals surface area contributed by atoms with Gasteiger partial charge in [0.05, 0.1) is 0 Å².